The van der Waals surface area contributed by atoms with E-state index in [0.29, 0.717) is 6.54 Å². The van der Waals surface area contributed by atoms with E-state index in [2.05, 4.69) is 21.8 Å². The van der Waals surface area contributed by atoms with Crippen molar-refractivity contribution in [1.82, 2.24) is 14.8 Å². The van der Waals surface area contributed by atoms with E-state index in [4.69, 9.17) is 5.11 Å². The SMILES string of the molecule is CN1CCN(CC(=O)c2cccc(C(=O)O)n2)CC1. The molecule has 19 heavy (non-hydrogen) atoms. The number of likely N-dealkylation sites (N-methyl/N-ethyl adjacent to an activating group) is 1. The summed E-state index contributed by atoms with van der Waals surface area (Å²) in [5.41, 5.74) is 0.128. The van der Waals surface area contributed by atoms with E-state index in [-0.39, 0.29) is 17.2 Å². The van der Waals surface area contributed by atoms with E-state index in [1.165, 1.54) is 6.07 Å². The van der Waals surface area contributed by atoms with E-state index in [0.717, 1.165) is 26.2 Å². The zero-order chi connectivity index (χ0) is 13.8. The molecule has 102 valence electrons. The minimum Gasteiger partial charge on any atom is -0.477 e. The normalized spacial score (nSPS) is 17.3. The number of Topliss-reactive ketones (excluding diaryl/α,β-unsaturated/α-hetero) is 1. The number of carboxylic acid groups (broad SMARTS) is 1. The van der Waals surface area contributed by atoms with Gasteiger partial charge in [-0.2, -0.15) is 0 Å². The topological polar surface area (TPSA) is 73.7 Å². The largest absolute Gasteiger partial charge is 0.477 e. The van der Waals surface area contributed by atoms with Gasteiger partial charge < -0.3 is 10.0 Å². The molecule has 1 saturated heterocycles. The average Bonchev–Trinajstić information content (AvgIpc) is 2.41. The first-order valence-corrected chi connectivity index (χ1v) is 6.20. The van der Waals surface area contributed by atoms with Crippen LogP contribution in [-0.2, 0) is 0 Å². The third-order valence-corrected chi connectivity index (χ3v) is 3.22. The number of aromatic nitrogens is 1. The minimum atomic E-state index is -1.12. The number of hydrogen-bond donors (Lipinski definition) is 1. The Morgan fingerprint density at radius 3 is 2.47 bits per heavy atom. The van der Waals surface area contributed by atoms with Crippen molar-refractivity contribution >= 4 is 11.8 Å². The minimum absolute atomic E-state index is 0.0933. The lowest BCUT2D eigenvalue weighted by Gasteiger charge is -2.31. The first kappa shape index (κ1) is 13.6. The summed E-state index contributed by atoms with van der Waals surface area (Å²) in [5.74, 6) is -1.25. The summed E-state index contributed by atoms with van der Waals surface area (Å²) in [7, 11) is 2.05. The van der Waals surface area contributed by atoms with Crippen molar-refractivity contribution in [3.63, 3.8) is 0 Å². The van der Waals surface area contributed by atoms with E-state index in [1.807, 2.05) is 0 Å². The van der Waals surface area contributed by atoms with Gasteiger partial charge in [-0.15, -0.1) is 0 Å². The molecule has 2 heterocycles. The molecule has 0 spiro atoms. The molecular weight excluding hydrogens is 246 g/mol. The number of piperazine rings is 1. The van der Waals surface area contributed by atoms with Crippen LogP contribution in [0.3, 0.4) is 0 Å². The second kappa shape index (κ2) is 5.90. The van der Waals surface area contributed by atoms with Crippen molar-refractivity contribution in [3.05, 3.63) is 29.6 Å². The number of hydrogen-bond acceptors (Lipinski definition) is 5. The first-order chi connectivity index (χ1) is 9.06. The summed E-state index contributed by atoms with van der Waals surface area (Å²) in [6, 6.07) is 4.49. The van der Waals surface area contributed by atoms with Crippen LogP contribution in [-0.4, -0.2) is 71.4 Å². The summed E-state index contributed by atoms with van der Waals surface area (Å²) < 4.78 is 0. The highest BCUT2D eigenvalue weighted by molar-refractivity contribution is 5.97. The lowest BCUT2D eigenvalue weighted by Crippen LogP contribution is -2.46. The van der Waals surface area contributed by atoms with Crippen molar-refractivity contribution < 1.29 is 14.7 Å². The zero-order valence-electron chi connectivity index (χ0n) is 10.9. The van der Waals surface area contributed by atoms with Gasteiger partial charge in [-0.05, 0) is 19.2 Å². The lowest BCUT2D eigenvalue weighted by molar-refractivity contribution is 0.0690. The van der Waals surface area contributed by atoms with Crippen molar-refractivity contribution in [2.24, 2.45) is 0 Å². The Balaban J connectivity index is 2.00. The van der Waals surface area contributed by atoms with Gasteiger partial charge >= 0.3 is 5.97 Å². The number of aromatic carboxylic acids is 1. The molecule has 1 aromatic heterocycles. The van der Waals surface area contributed by atoms with Gasteiger partial charge in [-0.25, -0.2) is 9.78 Å². The van der Waals surface area contributed by atoms with Crippen LogP contribution < -0.4 is 0 Å². The number of ketones is 1. The molecule has 1 N–H and O–H groups in total. The highest BCUT2D eigenvalue weighted by atomic mass is 16.4. The monoisotopic (exact) mass is 263 g/mol. The standard InChI is InChI=1S/C13H17N3O3/c1-15-5-7-16(8-6-15)9-12(17)10-3-2-4-11(14-10)13(18)19/h2-4H,5-9H2,1H3,(H,18,19). The molecule has 0 amide bonds. The summed E-state index contributed by atoms with van der Waals surface area (Å²) >= 11 is 0. The maximum atomic E-state index is 12.1. The van der Waals surface area contributed by atoms with Gasteiger partial charge in [-0.3, -0.25) is 9.69 Å². The van der Waals surface area contributed by atoms with Crippen LogP contribution >= 0.6 is 0 Å². The fourth-order valence-corrected chi connectivity index (χ4v) is 2.00. The Morgan fingerprint density at radius 1 is 1.21 bits per heavy atom. The number of nitrogens with zero attached hydrogens (tertiary/aromatic N) is 3. The van der Waals surface area contributed by atoms with Crippen LogP contribution in [0.4, 0.5) is 0 Å². The van der Waals surface area contributed by atoms with Gasteiger partial charge in [0, 0.05) is 26.2 Å². The summed E-state index contributed by atoms with van der Waals surface area (Å²) in [6.07, 6.45) is 0. The Kier molecular flexibility index (Phi) is 4.24. The van der Waals surface area contributed by atoms with Crippen molar-refractivity contribution in [2.45, 2.75) is 0 Å². The van der Waals surface area contributed by atoms with Crippen molar-refractivity contribution in [3.8, 4) is 0 Å². The Bertz CT molecular complexity index is 482. The molecule has 1 fully saturated rings. The second-order valence-electron chi connectivity index (χ2n) is 4.72. The Labute approximate surface area is 111 Å². The zero-order valence-corrected chi connectivity index (χ0v) is 10.9. The van der Waals surface area contributed by atoms with Crippen LogP contribution in [0.2, 0.25) is 0 Å². The third-order valence-electron chi connectivity index (χ3n) is 3.22. The van der Waals surface area contributed by atoms with E-state index >= 15 is 0 Å². The highest BCUT2D eigenvalue weighted by Gasteiger charge is 2.18. The van der Waals surface area contributed by atoms with Crippen LogP contribution in [0, 0.1) is 0 Å². The van der Waals surface area contributed by atoms with E-state index in [1.54, 1.807) is 12.1 Å². The van der Waals surface area contributed by atoms with Crippen LogP contribution in [0.25, 0.3) is 0 Å². The molecule has 0 saturated carbocycles. The number of carbonyl (C=O) groups is 2. The molecule has 0 bridgehead atoms. The number of rotatable bonds is 4. The van der Waals surface area contributed by atoms with Crippen molar-refractivity contribution in [2.75, 3.05) is 39.8 Å². The molecule has 1 aliphatic heterocycles. The lowest BCUT2D eigenvalue weighted by atomic mass is 10.2. The predicted octanol–water partition coefficient (Wildman–Crippen LogP) is 0.210. The summed E-state index contributed by atoms with van der Waals surface area (Å²) in [5, 5.41) is 8.85. The summed E-state index contributed by atoms with van der Waals surface area (Å²) in [6.45, 7) is 3.87. The molecule has 0 aliphatic carbocycles. The third kappa shape index (κ3) is 3.59. The van der Waals surface area contributed by atoms with Gasteiger partial charge in [0.25, 0.3) is 0 Å². The van der Waals surface area contributed by atoms with Crippen molar-refractivity contribution in [1.29, 1.82) is 0 Å². The van der Waals surface area contributed by atoms with Crippen LogP contribution in [0.1, 0.15) is 21.0 Å². The second-order valence-corrected chi connectivity index (χ2v) is 4.72. The smallest absolute Gasteiger partial charge is 0.354 e. The molecule has 0 radical (unpaired) electrons. The molecule has 6 nitrogen and oxygen atoms in total. The van der Waals surface area contributed by atoms with Crippen LogP contribution in [0.5, 0.6) is 0 Å². The predicted molar refractivity (Wildman–Crippen MR) is 69.5 cm³/mol. The van der Waals surface area contributed by atoms with Gasteiger partial charge in [0.2, 0.25) is 0 Å². The fourth-order valence-electron chi connectivity index (χ4n) is 2.00. The quantitative estimate of drug-likeness (QED) is 0.783. The van der Waals surface area contributed by atoms with Crippen LogP contribution in [0.15, 0.2) is 18.2 Å². The van der Waals surface area contributed by atoms with Gasteiger partial charge in [0.05, 0.1) is 6.54 Å². The summed E-state index contributed by atoms with van der Waals surface area (Å²) in [4.78, 5) is 31.0. The first-order valence-electron chi connectivity index (χ1n) is 6.20. The number of carboxylic acids is 1. The molecule has 2 rings (SSSR count). The maximum Gasteiger partial charge on any atom is 0.354 e. The molecular formula is C13H17N3O3. The number of pyridine rings is 1. The number of carbonyl (C=O) groups excluding carboxylic acids is 1. The fraction of sp³-hybridized carbons (Fsp3) is 0.462. The molecule has 1 aromatic rings. The molecule has 6 heteroatoms. The Morgan fingerprint density at radius 2 is 1.84 bits per heavy atom. The highest BCUT2D eigenvalue weighted by Crippen LogP contribution is 2.04. The Hall–Kier alpha value is -1.79. The molecule has 1 aliphatic rings. The van der Waals surface area contributed by atoms with Gasteiger partial charge in [0.15, 0.2) is 5.78 Å². The van der Waals surface area contributed by atoms with E-state index < -0.39 is 5.97 Å². The van der Waals surface area contributed by atoms with Gasteiger partial charge in [0.1, 0.15) is 11.4 Å². The molecule has 0 atom stereocenters. The van der Waals surface area contributed by atoms with E-state index in [9.17, 15) is 9.59 Å². The maximum absolute atomic E-state index is 12.1. The van der Waals surface area contributed by atoms with Gasteiger partial charge in [-0.1, -0.05) is 6.07 Å². The average molecular weight is 263 g/mol. The molecule has 0 unspecified atom stereocenters. The molecule has 0 aromatic carbocycles.